The first-order valence-electron chi connectivity index (χ1n) is 9.80. The van der Waals surface area contributed by atoms with Crippen molar-refractivity contribution in [2.75, 3.05) is 37.9 Å². The molecule has 2 bridgehead atoms. The molecule has 4 aliphatic rings. The number of hydrogen-bond acceptors (Lipinski definition) is 6. The third-order valence-corrected chi connectivity index (χ3v) is 7.20. The molecular weight excluding hydrogens is 356 g/mol. The van der Waals surface area contributed by atoms with Gasteiger partial charge in [-0.05, 0) is 61.9 Å². The number of methoxy groups -OCH3 is 1. The molecule has 0 aliphatic carbocycles. The van der Waals surface area contributed by atoms with Crippen LogP contribution < -0.4 is 9.64 Å². The first-order valence-corrected chi connectivity index (χ1v) is 11.0. The Morgan fingerprint density at radius 2 is 1.85 bits per heavy atom. The summed E-state index contributed by atoms with van der Waals surface area (Å²) in [6, 6.07) is 11.9. The third-order valence-electron chi connectivity index (χ3n) is 6.63. The molecule has 4 aliphatic heterocycles. The van der Waals surface area contributed by atoms with E-state index in [9.17, 15) is 0 Å². The Labute approximate surface area is 165 Å². The molecule has 5 heterocycles. The number of ether oxygens (including phenoxy) is 1. The molecule has 0 spiro atoms. The predicted molar refractivity (Wildman–Crippen MR) is 109 cm³/mol. The normalized spacial score (nSPS) is 31.8. The lowest BCUT2D eigenvalue weighted by atomic mass is 9.75. The standard InChI is InChI=1S/C21H26N4OS/c1-26-16-5-3-14(4-6-16)17-13-25(18-7-10-22-21(23-18)27-2)19-15-8-11-24(12-9-15)20(17)19/h3-7,10,15,17,19-20H,8-9,11-13H2,1-2H3/t17-,19+,20+/m0/s1. The van der Waals surface area contributed by atoms with Gasteiger partial charge in [-0.1, -0.05) is 23.9 Å². The van der Waals surface area contributed by atoms with Gasteiger partial charge in [-0.2, -0.15) is 0 Å². The number of piperidine rings is 3. The summed E-state index contributed by atoms with van der Waals surface area (Å²) < 4.78 is 5.36. The number of rotatable bonds is 4. The number of fused-ring (bicyclic) bond motifs is 2. The lowest BCUT2D eigenvalue weighted by Crippen LogP contribution is -2.60. The van der Waals surface area contributed by atoms with Crippen LogP contribution in [0, 0.1) is 5.92 Å². The molecule has 0 unspecified atom stereocenters. The van der Waals surface area contributed by atoms with E-state index in [0.717, 1.165) is 29.2 Å². The largest absolute Gasteiger partial charge is 0.497 e. The fourth-order valence-electron chi connectivity index (χ4n) is 5.42. The molecule has 0 saturated carbocycles. The van der Waals surface area contributed by atoms with Gasteiger partial charge < -0.3 is 9.64 Å². The Morgan fingerprint density at radius 1 is 1.07 bits per heavy atom. The van der Waals surface area contributed by atoms with Crippen LogP contribution in [0.15, 0.2) is 41.7 Å². The number of anilines is 1. The molecule has 27 heavy (non-hydrogen) atoms. The molecule has 142 valence electrons. The second kappa shape index (κ2) is 6.99. The third kappa shape index (κ3) is 2.90. The lowest BCUT2D eigenvalue weighted by Gasteiger charge is -2.51. The van der Waals surface area contributed by atoms with E-state index in [4.69, 9.17) is 9.72 Å². The van der Waals surface area contributed by atoms with Crippen molar-refractivity contribution in [3.8, 4) is 5.75 Å². The van der Waals surface area contributed by atoms with Crippen molar-refractivity contribution in [2.24, 2.45) is 5.92 Å². The fraction of sp³-hybridized carbons (Fsp3) is 0.524. The summed E-state index contributed by atoms with van der Waals surface area (Å²) in [6.07, 6.45) is 6.58. The smallest absolute Gasteiger partial charge is 0.189 e. The highest BCUT2D eigenvalue weighted by Gasteiger charge is 2.53. The van der Waals surface area contributed by atoms with E-state index in [0.29, 0.717) is 18.0 Å². The number of thioether (sulfide) groups is 1. The fourth-order valence-corrected chi connectivity index (χ4v) is 5.77. The van der Waals surface area contributed by atoms with Gasteiger partial charge in [0.05, 0.1) is 7.11 Å². The second-order valence-electron chi connectivity index (χ2n) is 7.79. The van der Waals surface area contributed by atoms with Gasteiger partial charge >= 0.3 is 0 Å². The number of hydrogen-bond donors (Lipinski definition) is 0. The molecule has 6 rings (SSSR count). The molecule has 0 radical (unpaired) electrons. The zero-order valence-corrected chi connectivity index (χ0v) is 16.7. The Balaban J connectivity index is 1.53. The number of benzene rings is 1. The summed E-state index contributed by atoms with van der Waals surface area (Å²) in [5.74, 6) is 3.30. The highest BCUT2D eigenvalue weighted by molar-refractivity contribution is 7.98. The molecule has 3 atom stereocenters. The van der Waals surface area contributed by atoms with E-state index >= 15 is 0 Å². The maximum atomic E-state index is 5.36. The van der Waals surface area contributed by atoms with E-state index in [-0.39, 0.29) is 0 Å². The SMILES string of the molecule is COc1ccc([C@@H]2CN(c3ccnc(SC)n3)[C@@H]3C4CCN(CC4)[C@@H]32)cc1. The van der Waals surface area contributed by atoms with Crippen LogP contribution in [0.5, 0.6) is 5.75 Å². The summed E-state index contributed by atoms with van der Waals surface area (Å²) in [5.41, 5.74) is 1.42. The Kier molecular flexibility index (Phi) is 4.48. The molecule has 5 nitrogen and oxygen atoms in total. The molecule has 1 aromatic carbocycles. The second-order valence-corrected chi connectivity index (χ2v) is 8.56. The molecular formula is C21H26N4OS. The predicted octanol–water partition coefficient (Wildman–Crippen LogP) is 3.27. The Hall–Kier alpha value is -1.79. The average molecular weight is 383 g/mol. The van der Waals surface area contributed by atoms with Crippen molar-refractivity contribution in [3.63, 3.8) is 0 Å². The minimum atomic E-state index is 0.511. The minimum absolute atomic E-state index is 0.511. The zero-order chi connectivity index (χ0) is 18.4. The highest BCUT2D eigenvalue weighted by Crippen LogP contribution is 2.47. The molecule has 4 saturated heterocycles. The topological polar surface area (TPSA) is 41.5 Å². The van der Waals surface area contributed by atoms with Gasteiger partial charge in [-0.25, -0.2) is 9.97 Å². The van der Waals surface area contributed by atoms with E-state index < -0.39 is 0 Å². The van der Waals surface area contributed by atoms with Crippen LogP contribution in [0.4, 0.5) is 5.82 Å². The number of nitrogens with zero attached hydrogens (tertiary/aromatic N) is 4. The van der Waals surface area contributed by atoms with Gasteiger partial charge in [0, 0.05) is 30.7 Å². The van der Waals surface area contributed by atoms with Crippen LogP contribution >= 0.6 is 11.8 Å². The zero-order valence-electron chi connectivity index (χ0n) is 15.9. The van der Waals surface area contributed by atoms with Crippen LogP contribution in [-0.4, -0.2) is 60.0 Å². The van der Waals surface area contributed by atoms with Crippen molar-refractivity contribution in [3.05, 3.63) is 42.1 Å². The summed E-state index contributed by atoms with van der Waals surface area (Å²) >= 11 is 1.61. The quantitative estimate of drug-likeness (QED) is 0.597. The Morgan fingerprint density at radius 3 is 2.56 bits per heavy atom. The van der Waals surface area contributed by atoms with E-state index in [1.165, 1.54) is 31.5 Å². The van der Waals surface area contributed by atoms with Crippen molar-refractivity contribution >= 4 is 17.6 Å². The molecule has 6 heteroatoms. The first kappa shape index (κ1) is 17.3. The summed E-state index contributed by atoms with van der Waals surface area (Å²) in [4.78, 5) is 14.5. The van der Waals surface area contributed by atoms with Crippen molar-refractivity contribution in [1.82, 2.24) is 14.9 Å². The minimum Gasteiger partial charge on any atom is -0.497 e. The van der Waals surface area contributed by atoms with Crippen molar-refractivity contribution in [1.29, 1.82) is 0 Å². The van der Waals surface area contributed by atoms with Crippen molar-refractivity contribution in [2.45, 2.75) is 36.0 Å². The summed E-state index contributed by atoms with van der Waals surface area (Å²) in [7, 11) is 1.73. The van der Waals surface area contributed by atoms with E-state index in [1.54, 1.807) is 18.9 Å². The number of aromatic nitrogens is 2. The molecule has 0 N–H and O–H groups in total. The molecule has 1 aromatic heterocycles. The van der Waals surface area contributed by atoms with Crippen LogP contribution in [0.3, 0.4) is 0 Å². The summed E-state index contributed by atoms with van der Waals surface area (Å²) in [6.45, 7) is 3.51. The monoisotopic (exact) mass is 382 g/mol. The lowest BCUT2D eigenvalue weighted by molar-refractivity contribution is 0.0354. The van der Waals surface area contributed by atoms with Gasteiger partial charge in [0.2, 0.25) is 0 Å². The van der Waals surface area contributed by atoms with Crippen LogP contribution in [0.25, 0.3) is 0 Å². The molecule has 0 amide bonds. The van der Waals surface area contributed by atoms with Gasteiger partial charge in [0.15, 0.2) is 5.16 Å². The van der Waals surface area contributed by atoms with Crippen LogP contribution in [-0.2, 0) is 0 Å². The molecule has 4 fully saturated rings. The van der Waals surface area contributed by atoms with Gasteiger partial charge in [0.1, 0.15) is 11.6 Å². The maximum Gasteiger partial charge on any atom is 0.189 e. The Bertz CT molecular complexity index is 806. The highest BCUT2D eigenvalue weighted by atomic mass is 32.2. The van der Waals surface area contributed by atoms with E-state index in [1.807, 2.05) is 12.5 Å². The van der Waals surface area contributed by atoms with Gasteiger partial charge in [0.25, 0.3) is 0 Å². The summed E-state index contributed by atoms with van der Waals surface area (Å²) in [5, 5.41) is 0.859. The maximum absolute atomic E-state index is 5.36. The first-order chi connectivity index (χ1) is 13.3. The van der Waals surface area contributed by atoms with Gasteiger partial charge in [-0.15, -0.1) is 0 Å². The molecule has 2 aromatic rings. The van der Waals surface area contributed by atoms with Crippen molar-refractivity contribution < 1.29 is 4.74 Å². The van der Waals surface area contributed by atoms with Crippen LogP contribution in [0.1, 0.15) is 24.3 Å². The van der Waals surface area contributed by atoms with Gasteiger partial charge in [-0.3, -0.25) is 4.90 Å². The van der Waals surface area contributed by atoms with Crippen LogP contribution in [0.2, 0.25) is 0 Å². The van der Waals surface area contributed by atoms with E-state index in [2.05, 4.69) is 45.1 Å². The average Bonchev–Trinajstić information content (AvgIpc) is 3.18.